The molecule has 1 saturated carbocycles. The molecule has 1 aliphatic carbocycles. The van der Waals surface area contributed by atoms with Crippen molar-refractivity contribution in [3.63, 3.8) is 0 Å². The van der Waals surface area contributed by atoms with Crippen molar-refractivity contribution in [1.82, 2.24) is 9.88 Å². The molecule has 0 bridgehead atoms. The first-order valence-corrected chi connectivity index (χ1v) is 12.0. The highest BCUT2D eigenvalue weighted by molar-refractivity contribution is 7.15. The summed E-state index contributed by atoms with van der Waals surface area (Å²) in [6.45, 7) is 2.54. The van der Waals surface area contributed by atoms with Crippen molar-refractivity contribution in [3.8, 4) is 11.5 Å². The predicted octanol–water partition coefficient (Wildman–Crippen LogP) is 5.81. The average Bonchev–Trinajstić information content (AvgIpc) is 3.19. The number of benzene rings is 2. The maximum Gasteiger partial charge on any atom is 0.231 e. The summed E-state index contributed by atoms with van der Waals surface area (Å²) in [5.74, 6) is 1.66. The molecule has 0 spiro atoms. The zero-order chi connectivity index (χ0) is 20.8. The van der Waals surface area contributed by atoms with E-state index in [1.807, 2.05) is 24.4 Å². The Labute approximate surface area is 191 Å². The highest BCUT2D eigenvalue weighted by atomic mass is 35.5. The zero-order valence-corrected chi connectivity index (χ0v) is 18.7. The van der Waals surface area contributed by atoms with E-state index < -0.39 is 0 Å². The van der Waals surface area contributed by atoms with E-state index in [4.69, 9.17) is 26.1 Å². The second-order valence-electron chi connectivity index (χ2n) is 8.54. The van der Waals surface area contributed by atoms with Crippen molar-refractivity contribution in [2.24, 2.45) is 0 Å². The maximum absolute atomic E-state index is 6.15. The van der Waals surface area contributed by atoms with E-state index >= 15 is 0 Å². The van der Waals surface area contributed by atoms with E-state index in [1.165, 1.54) is 28.8 Å². The number of ether oxygens (including phenoxy) is 2. The standard InChI is InChI=1S/C24H24ClN3O2S/c25-18-6-3-16(4-7-18)22(28-11-1-2-12-28)21-14-26-23(31-21)27-24(9-10-24)17-5-8-19-20(13-17)30-15-29-19/h3-8,13-14,22H,1-2,9-12,15H2,(H,26,27). The first-order valence-electron chi connectivity index (χ1n) is 10.8. The molecule has 160 valence electrons. The summed E-state index contributed by atoms with van der Waals surface area (Å²) in [6, 6.07) is 14.8. The molecule has 5 nitrogen and oxygen atoms in total. The molecule has 3 aromatic rings. The number of halogens is 1. The van der Waals surface area contributed by atoms with Gasteiger partial charge in [0.25, 0.3) is 0 Å². The van der Waals surface area contributed by atoms with Gasteiger partial charge in [-0.3, -0.25) is 4.90 Å². The maximum atomic E-state index is 6.15. The van der Waals surface area contributed by atoms with Crippen molar-refractivity contribution in [3.05, 3.63) is 69.7 Å². The van der Waals surface area contributed by atoms with Gasteiger partial charge in [-0.15, -0.1) is 11.3 Å². The van der Waals surface area contributed by atoms with Gasteiger partial charge in [-0.2, -0.15) is 0 Å². The van der Waals surface area contributed by atoms with Crippen LogP contribution in [0.5, 0.6) is 11.5 Å². The molecule has 1 saturated heterocycles. The molecular weight excluding hydrogens is 430 g/mol. The van der Waals surface area contributed by atoms with Crippen molar-refractivity contribution in [1.29, 1.82) is 0 Å². The fourth-order valence-corrected chi connectivity index (χ4v) is 5.88. The van der Waals surface area contributed by atoms with Crippen molar-refractivity contribution in [2.75, 3.05) is 25.2 Å². The number of nitrogens with zero attached hydrogens (tertiary/aromatic N) is 2. The third-order valence-corrected chi connectivity index (χ3v) is 7.72. The van der Waals surface area contributed by atoms with Gasteiger partial charge in [-0.25, -0.2) is 4.98 Å². The molecule has 2 aromatic carbocycles. The summed E-state index contributed by atoms with van der Waals surface area (Å²) in [6.07, 6.45) is 6.73. The number of thiazole rings is 1. The highest BCUT2D eigenvalue weighted by Gasteiger charge is 2.45. The molecule has 0 radical (unpaired) electrons. The van der Waals surface area contributed by atoms with Crippen LogP contribution in [-0.4, -0.2) is 29.8 Å². The summed E-state index contributed by atoms with van der Waals surface area (Å²) < 4.78 is 11.1. The van der Waals surface area contributed by atoms with Crippen LogP contribution in [0.1, 0.15) is 47.7 Å². The minimum Gasteiger partial charge on any atom is -0.454 e. The van der Waals surface area contributed by atoms with Crippen LogP contribution in [-0.2, 0) is 5.54 Å². The summed E-state index contributed by atoms with van der Waals surface area (Å²) in [5.41, 5.74) is 2.46. The lowest BCUT2D eigenvalue weighted by Gasteiger charge is -2.26. The van der Waals surface area contributed by atoms with Crippen LogP contribution in [0.4, 0.5) is 5.13 Å². The fraction of sp³-hybridized carbons (Fsp3) is 0.375. The number of hydrogen-bond donors (Lipinski definition) is 1. The van der Waals surface area contributed by atoms with Crippen LogP contribution in [0, 0.1) is 0 Å². The molecule has 3 aliphatic rings. The number of rotatable bonds is 6. The highest BCUT2D eigenvalue weighted by Crippen LogP contribution is 2.51. The van der Waals surface area contributed by atoms with E-state index in [-0.39, 0.29) is 11.6 Å². The number of hydrogen-bond acceptors (Lipinski definition) is 6. The molecule has 31 heavy (non-hydrogen) atoms. The van der Waals surface area contributed by atoms with E-state index in [0.717, 1.165) is 47.6 Å². The molecular formula is C24H24ClN3O2S. The lowest BCUT2D eigenvalue weighted by molar-refractivity contribution is 0.174. The molecule has 6 rings (SSSR count). The van der Waals surface area contributed by atoms with Crippen LogP contribution >= 0.6 is 22.9 Å². The Balaban J connectivity index is 1.27. The lowest BCUT2D eigenvalue weighted by Crippen LogP contribution is -2.25. The topological polar surface area (TPSA) is 46.6 Å². The van der Waals surface area contributed by atoms with E-state index in [2.05, 4.69) is 34.5 Å². The van der Waals surface area contributed by atoms with E-state index in [0.29, 0.717) is 6.79 Å². The van der Waals surface area contributed by atoms with Gasteiger partial charge in [0.15, 0.2) is 16.6 Å². The van der Waals surface area contributed by atoms with Gasteiger partial charge in [0.1, 0.15) is 0 Å². The number of likely N-dealkylation sites (tertiary alicyclic amines) is 1. The van der Waals surface area contributed by atoms with Crippen LogP contribution in [0.15, 0.2) is 48.7 Å². The number of anilines is 1. The summed E-state index contributed by atoms with van der Waals surface area (Å²) in [4.78, 5) is 8.61. The van der Waals surface area contributed by atoms with Crippen molar-refractivity contribution >= 4 is 28.1 Å². The predicted molar refractivity (Wildman–Crippen MR) is 123 cm³/mol. The van der Waals surface area contributed by atoms with Crippen LogP contribution in [0.25, 0.3) is 0 Å². The Kier molecular flexibility index (Phi) is 4.82. The van der Waals surface area contributed by atoms with Gasteiger partial charge < -0.3 is 14.8 Å². The molecule has 3 heterocycles. The number of aromatic nitrogens is 1. The SMILES string of the molecule is Clc1ccc(C(c2cnc(NC3(c4ccc5c(c4)OCO5)CC3)s2)N2CCCC2)cc1. The molecule has 1 atom stereocenters. The van der Waals surface area contributed by atoms with E-state index in [9.17, 15) is 0 Å². The lowest BCUT2D eigenvalue weighted by atomic mass is 10.0. The van der Waals surface area contributed by atoms with Gasteiger partial charge >= 0.3 is 0 Å². The van der Waals surface area contributed by atoms with Crippen LogP contribution < -0.4 is 14.8 Å². The molecule has 2 aliphatic heterocycles. The first-order chi connectivity index (χ1) is 15.2. The van der Waals surface area contributed by atoms with Crippen LogP contribution in [0.3, 0.4) is 0 Å². The second kappa shape index (κ2) is 7.69. The largest absolute Gasteiger partial charge is 0.454 e. The normalized spacial score (nSPS) is 20.0. The van der Waals surface area contributed by atoms with Crippen molar-refractivity contribution < 1.29 is 9.47 Å². The summed E-state index contributed by atoms with van der Waals surface area (Å²) >= 11 is 7.91. The Hall–Kier alpha value is -2.28. The minimum atomic E-state index is -0.0560. The first kappa shape index (κ1) is 19.4. The minimum absolute atomic E-state index is 0.0560. The smallest absolute Gasteiger partial charge is 0.231 e. The summed E-state index contributed by atoms with van der Waals surface area (Å²) in [5, 5.41) is 5.48. The Morgan fingerprint density at radius 3 is 2.58 bits per heavy atom. The van der Waals surface area contributed by atoms with Gasteiger partial charge in [0.05, 0.1) is 11.6 Å². The van der Waals surface area contributed by atoms with Crippen LogP contribution in [0.2, 0.25) is 5.02 Å². The van der Waals surface area contributed by atoms with E-state index in [1.54, 1.807) is 11.3 Å². The molecule has 7 heteroatoms. The fourth-order valence-electron chi connectivity index (χ4n) is 4.68. The van der Waals surface area contributed by atoms with Gasteiger partial charge in [0.2, 0.25) is 6.79 Å². The Bertz CT molecular complexity index is 1090. The monoisotopic (exact) mass is 453 g/mol. The second-order valence-corrected chi connectivity index (χ2v) is 10.0. The number of nitrogens with one attached hydrogen (secondary N) is 1. The molecule has 2 fully saturated rings. The molecule has 1 aromatic heterocycles. The van der Waals surface area contributed by atoms with Crippen molar-refractivity contribution in [2.45, 2.75) is 37.3 Å². The van der Waals surface area contributed by atoms with Gasteiger partial charge in [0, 0.05) is 16.1 Å². The zero-order valence-electron chi connectivity index (χ0n) is 17.1. The third-order valence-electron chi connectivity index (χ3n) is 6.51. The van der Waals surface area contributed by atoms with Gasteiger partial charge in [-0.1, -0.05) is 29.8 Å². The number of fused-ring (bicyclic) bond motifs is 1. The summed E-state index contributed by atoms with van der Waals surface area (Å²) in [7, 11) is 0. The quantitative estimate of drug-likeness (QED) is 0.510. The molecule has 1 unspecified atom stereocenters. The van der Waals surface area contributed by atoms with Gasteiger partial charge in [-0.05, 0) is 74.2 Å². The third kappa shape index (κ3) is 3.67. The molecule has 0 amide bonds. The molecule has 1 N–H and O–H groups in total. The Morgan fingerprint density at radius 2 is 1.81 bits per heavy atom. The average molecular weight is 454 g/mol. The Morgan fingerprint density at radius 1 is 1.03 bits per heavy atom.